The Morgan fingerprint density at radius 1 is 1.10 bits per heavy atom. The molecule has 1 saturated heterocycles. The van der Waals surface area contributed by atoms with E-state index >= 15 is 0 Å². The fourth-order valence-corrected chi connectivity index (χ4v) is 6.22. The van der Waals surface area contributed by atoms with Gasteiger partial charge in [-0.25, -0.2) is 18.2 Å². The van der Waals surface area contributed by atoms with E-state index in [4.69, 9.17) is 19.4 Å². The summed E-state index contributed by atoms with van der Waals surface area (Å²) in [7, 11) is -11.0. The van der Waals surface area contributed by atoms with E-state index in [-0.39, 0.29) is 5.56 Å². The van der Waals surface area contributed by atoms with E-state index in [9.17, 15) is 33.8 Å². The highest BCUT2D eigenvalue weighted by molar-refractivity contribution is 8.08. The van der Waals surface area contributed by atoms with Crippen LogP contribution < -0.4 is 11.2 Å². The van der Waals surface area contributed by atoms with Crippen LogP contribution in [0.2, 0.25) is 0 Å². The van der Waals surface area contributed by atoms with Crippen LogP contribution in [0.4, 0.5) is 0 Å². The smallest absolute Gasteiger partial charge is 0.387 e. The fraction of sp³-hybridized carbons (Fsp3) is 0.556. The highest BCUT2D eigenvalue weighted by atomic mass is 32.5. The van der Waals surface area contributed by atoms with Gasteiger partial charge < -0.3 is 44.0 Å². The van der Waals surface area contributed by atoms with E-state index in [2.05, 4.69) is 29.9 Å². The molecule has 0 spiro atoms. The van der Waals surface area contributed by atoms with Crippen LogP contribution in [0.15, 0.2) is 15.8 Å². The highest BCUT2D eigenvalue weighted by Crippen LogP contribution is 2.66. The number of aromatic nitrogens is 2. The van der Waals surface area contributed by atoms with Crippen molar-refractivity contribution in [2.45, 2.75) is 24.4 Å². The van der Waals surface area contributed by atoms with Crippen LogP contribution in [-0.4, -0.2) is 64.7 Å². The first-order valence-corrected chi connectivity index (χ1v) is 12.8. The van der Waals surface area contributed by atoms with Gasteiger partial charge in [-0.15, -0.1) is 0 Å². The van der Waals surface area contributed by atoms with Gasteiger partial charge in [0.1, 0.15) is 24.4 Å². The lowest BCUT2D eigenvalue weighted by Gasteiger charge is -2.21. The second kappa shape index (κ2) is 8.86. The Morgan fingerprint density at radius 3 is 2.28 bits per heavy atom. The van der Waals surface area contributed by atoms with E-state index in [0.29, 0.717) is 0 Å². The third-order valence-electron chi connectivity index (χ3n) is 3.33. The zero-order valence-electron chi connectivity index (χ0n) is 13.8. The van der Waals surface area contributed by atoms with Gasteiger partial charge in [0.15, 0.2) is 0 Å². The van der Waals surface area contributed by atoms with Crippen LogP contribution in [-0.2, 0) is 38.8 Å². The van der Waals surface area contributed by atoms with E-state index in [1.54, 1.807) is 0 Å². The molecule has 1 aromatic rings. The molecule has 0 saturated carbocycles. The second-order valence-electron chi connectivity index (χ2n) is 5.49. The molecule has 29 heavy (non-hydrogen) atoms. The Bertz CT molecular complexity index is 1000. The Kier molecular flexibility index (Phi) is 7.54. The summed E-state index contributed by atoms with van der Waals surface area (Å²) in [6.07, 6.45) is -5.26. The van der Waals surface area contributed by atoms with Crippen LogP contribution in [0.25, 0.3) is 0 Å². The number of hydrogen-bond donors (Lipinski definition) is 8. The third kappa shape index (κ3) is 6.95. The standard InChI is InChI=1S/C9H15N2O14P3S/c12-5-4(2-22-28(21,29)25-27(19,20)24-26(16,17)18)23-7(6(5)13)3-1-10-9(15)11-8(3)14/h1,4-7,12-13H,2H2,(H,19,20)(H,21,29)(H2,16,17,18)(H2,10,11,14,15). The summed E-state index contributed by atoms with van der Waals surface area (Å²) < 4.78 is 39.4. The molecular formula is C9H15N2O14P3S. The van der Waals surface area contributed by atoms with E-state index in [1.807, 2.05) is 4.98 Å². The highest BCUT2D eigenvalue weighted by Gasteiger charge is 2.46. The Morgan fingerprint density at radius 2 is 1.72 bits per heavy atom. The van der Waals surface area contributed by atoms with Crippen LogP contribution >= 0.6 is 22.4 Å². The van der Waals surface area contributed by atoms with Crippen molar-refractivity contribution in [2.75, 3.05) is 6.61 Å². The van der Waals surface area contributed by atoms with Crippen molar-refractivity contribution < 1.29 is 56.8 Å². The lowest BCUT2D eigenvalue weighted by atomic mass is 10.0. The summed E-state index contributed by atoms with van der Waals surface area (Å²) in [5.41, 5.74) is -1.97. The lowest BCUT2D eigenvalue weighted by molar-refractivity contribution is -0.0196. The van der Waals surface area contributed by atoms with Crippen molar-refractivity contribution in [1.82, 2.24) is 9.97 Å². The summed E-state index contributed by atoms with van der Waals surface area (Å²) in [6, 6.07) is 0. The minimum Gasteiger partial charge on any atom is -0.387 e. The largest absolute Gasteiger partial charge is 0.488 e. The molecule has 166 valence electrons. The van der Waals surface area contributed by atoms with Crippen LogP contribution in [0.3, 0.4) is 0 Å². The molecule has 1 aliphatic rings. The molecule has 2 rings (SSSR count). The van der Waals surface area contributed by atoms with Crippen LogP contribution in [0, 0.1) is 0 Å². The van der Waals surface area contributed by atoms with Crippen molar-refractivity contribution >= 4 is 34.2 Å². The van der Waals surface area contributed by atoms with Crippen molar-refractivity contribution in [3.63, 3.8) is 0 Å². The van der Waals surface area contributed by atoms with Gasteiger partial charge in [-0.3, -0.25) is 9.78 Å². The number of hydrogen-bond acceptors (Lipinski definition) is 11. The maximum absolute atomic E-state index is 11.8. The van der Waals surface area contributed by atoms with Crippen molar-refractivity contribution in [3.05, 3.63) is 32.6 Å². The number of ether oxygens (including phenoxy) is 1. The third-order valence-corrected chi connectivity index (χ3v) is 8.05. The summed E-state index contributed by atoms with van der Waals surface area (Å²) in [4.78, 5) is 62.8. The minimum atomic E-state index is -5.52. The fourth-order valence-electron chi connectivity index (χ4n) is 2.25. The SMILES string of the molecule is O=c1[nH]cc(C2OC(COP(O)(=S)OP(=O)(O)OP(=O)(O)O)C(O)C2O)c(=O)[nH]1. The molecule has 1 fully saturated rings. The lowest BCUT2D eigenvalue weighted by Crippen LogP contribution is -2.34. The molecule has 0 aliphatic carbocycles. The van der Waals surface area contributed by atoms with Gasteiger partial charge in [0, 0.05) is 6.20 Å². The van der Waals surface area contributed by atoms with Crippen molar-refractivity contribution in [1.29, 1.82) is 0 Å². The number of nitrogens with one attached hydrogen (secondary N) is 2. The van der Waals surface area contributed by atoms with Gasteiger partial charge in [-0.05, 0) is 11.8 Å². The maximum atomic E-state index is 11.8. The molecule has 1 aliphatic heterocycles. The second-order valence-corrected chi connectivity index (χ2v) is 11.3. The molecule has 0 bridgehead atoms. The molecule has 16 nitrogen and oxygen atoms in total. The maximum Gasteiger partial charge on any atom is 0.488 e. The van der Waals surface area contributed by atoms with E-state index in [0.717, 1.165) is 6.20 Å². The van der Waals surface area contributed by atoms with E-state index in [1.165, 1.54) is 0 Å². The topological polar surface area (TPSA) is 258 Å². The number of aliphatic hydroxyl groups excluding tert-OH is 2. The molecule has 1 aromatic heterocycles. The Balaban J connectivity index is 2.06. The molecular weight excluding hydrogens is 485 g/mol. The molecule has 2 heterocycles. The van der Waals surface area contributed by atoms with Crippen molar-refractivity contribution in [3.8, 4) is 0 Å². The van der Waals surface area contributed by atoms with Gasteiger partial charge in [0.25, 0.3) is 5.56 Å². The van der Waals surface area contributed by atoms with E-state index < -0.39 is 64.6 Å². The monoisotopic (exact) mass is 500 g/mol. The van der Waals surface area contributed by atoms with Crippen LogP contribution in [0.5, 0.6) is 0 Å². The normalized spacial score (nSPS) is 29.3. The molecule has 0 radical (unpaired) electrons. The van der Waals surface area contributed by atoms with Crippen LogP contribution in [0.1, 0.15) is 11.7 Å². The molecule has 8 N–H and O–H groups in total. The first-order chi connectivity index (χ1) is 13.1. The van der Waals surface area contributed by atoms with Crippen molar-refractivity contribution in [2.24, 2.45) is 0 Å². The quantitative estimate of drug-likeness (QED) is 0.174. The zero-order chi connectivity index (χ0) is 22.2. The Hall–Kier alpha value is -0.610. The summed E-state index contributed by atoms with van der Waals surface area (Å²) in [5, 5.41) is 20.0. The first kappa shape index (κ1) is 24.7. The van der Waals surface area contributed by atoms with Gasteiger partial charge in [-0.2, -0.15) is 4.31 Å². The first-order valence-electron chi connectivity index (χ1n) is 7.22. The molecule has 6 unspecified atom stereocenters. The number of rotatable bonds is 8. The average Bonchev–Trinajstić information content (AvgIpc) is 2.78. The zero-order valence-corrected chi connectivity index (χ0v) is 17.3. The number of aromatic amines is 2. The summed E-state index contributed by atoms with van der Waals surface area (Å²) >= 11 is 4.40. The molecule has 0 amide bonds. The van der Waals surface area contributed by atoms with Gasteiger partial charge >= 0.3 is 28.1 Å². The van der Waals surface area contributed by atoms with Gasteiger partial charge in [0.2, 0.25) is 0 Å². The molecule has 20 heteroatoms. The molecule has 0 aromatic carbocycles. The number of aliphatic hydroxyl groups is 2. The predicted molar refractivity (Wildman–Crippen MR) is 93.8 cm³/mol. The molecule has 6 atom stereocenters. The Labute approximate surface area is 165 Å². The minimum absolute atomic E-state index is 0.242. The predicted octanol–water partition coefficient (Wildman–Crippen LogP) is -2.32. The summed E-state index contributed by atoms with van der Waals surface area (Å²) in [6.45, 7) is -5.48. The van der Waals surface area contributed by atoms with Gasteiger partial charge in [-0.1, -0.05) is 0 Å². The summed E-state index contributed by atoms with van der Waals surface area (Å²) in [5.74, 6) is 0. The van der Waals surface area contributed by atoms with Gasteiger partial charge in [0.05, 0.1) is 12.2 Å². The number of H-pyrrole nitrogens is 2. The number of phosphoric acid groups is 2. The average molecular weight is 500 g/mol.